The SMILES string of the molecule is O=c1c2ccccc2ccn1CCN1CCOCC1. The summed E-state index contributed by atoms with van der Waals surface area (Å²) in [5.41, 5.74) is 0.103. The fourth-order valence-electron chi connectivity index (χ4n) is 2.48. The van der Waals surface area contributed by atoms with Crippen molar-refractivity contribution in [3.8, 4) is 0 Å². The number of pyridine rings is 1. The van der Waals surface area contributed by atoms with Crippen LogP contribution in [0.5, 0.6) is 0 Å². The zero-order valence-electron chi connectivity index (χ0n) is 10.9. The molecule has 0 atom stereocenters. The lowest BCUT2D eigenvalue weighted by molar-refractivity contribution is 0.0363. The first kappa shape index (κ1) is 12.4. The van der Waals surface area contributed by atoms with Gasteiger partial charge in [0.05, 0.1) is 13.2 Å². The molecule has 19 heavy (non-hydrogen) atoms. The third-order valence-electron chi connectivity index (χ3n) is 3.65. The quantitative estimate of drug-likeness (QED) is 0.833. The molecule has 4 heteroatoms. The summed E-state index contributed by atoms with van der Waals surface area (Å²) < 4.78 is 7.13. The molecule has 1 aliphatic heterocycles. The van der Waals surface area contributed by atoms with Crippen molar-refractivity contribution >= 4 is 10.8 Å². The highest BCUT2D eigenvalue weighted by Crippen LogP contribution is 2.08. The van der Waals surface area contributed by atoms with Gasteiger partial charge in [0.2, 0.25) is 0 Å². The van der Waals surface area contributed by atoms with Crippen LogP contribution < -0.4 is 5.56 Å². The normalized spacial score (nSPS) is 16.8. The van der Waals surface area contributed by atoms with Crippen molar-refractivity contribution in [2.75, 3.05) is 32.8 Å². The molecule has 1 aromatic carbocycles. The number of nitrogens with zero attached hydrogens (tertiary/aromatic N) is 2. The molecule has 2 heterocycles. The molecule has 1 aliphatic rings. The molecule has 0 bridgehead atoms. The van der Waals surface area contributed by atoms with Gasteiger partial charge in [-0.1, -0.05) is 18.2 Å². The molecule has 1 aromatic heterocycles. The van der Waals surface area contributed by atoms with Gasteiger partial charge in [0, 0.05) is 37.8 Å². The van der Waals surface area contributed by atoms with Crippen LogP contribution in [0.3, 0.4) is 0 Å². The lowest BCUT2D eigenvalue weighted by Crippen LogP contribution is -2.39. The second kappa shape index (κ2) is 5.55. The van der Waals surface area contributed by atoms with E-state index < -0.39 is 0 Å². The molecule has 0 amide bonds. The molecule has 0 N–H and O–H groups in total. The van der Waals surface area contributed by atoms with Crippen molar-refractivity contribution in [2.45, 2.75) is 6.54 Å². The highest BCUT2D eigenvalue weighted by atomic mass is 16.5. The van der Waals surface area contributed by atoms with E-state index in [1.54, 1.807) is 4.57 Å². The standard InChI is InChI=1S/C15H18N2O2/c18-15-14-4-2-1-3-13(14)5-6-17(15)8-7-16-9-11-19-12-10-16/h1-6H,7-12H2. The van der Waals surface area contributed by atoms with Crippen molar-refractivity contribution in [2.24, 2.45) is 0 Å². The summed E-state index contributed by atoms with van der Waals surface area (Å²) in [5.74, 6) is 0. The van der Waals surface area contributed by atoms with Crippen molar-refractivity contribution in [3.05, 3.63) is 46.9 Å². The summed E-state index contributed by atoms with van der Waals surface area (Å²) in [7, 11) is 0. The summed E-state index contributed by atoms with van der Waals surface area (Å²) >= 11 is 0. The number of hydrogen-bond acceptors (Lipinski definition) is 3. The molecule has 0 spiro atoms. The minimum absolute atomic E-state index is 0.103. The number of rotatable bonds is 3. The first-order valence-corrected chi connectivity index (χ1v) is 6.73. The van der Waals surface area contributed by atoms with Gasteiger partial charge in [-0.05, 0) is 17.5 Å². The van der Waals surface area contributed by atoms with Gasteiger partial charge in [-0.2, -0.15) is 0 Å². The summed E-state index contributed by atoms with van der Waals surface area (Å²) in [6.45, 7) is 5.16. The first-order chi connectivity index (χ1) is 9.34. The van der Waals surface area contributed by atoms with E-state index in [0.717, 1.165) is 50.2 Å². The average molecular weight is 258 g/mol. The van der Waals surface area contributed by atoms with Crippen LogP contribution in [0.4, 0.5) is 0 Å². The number of morpholine rings is 1. The minimum atomic E-state index is 0.103. The summed E-state index contributed by atoms with van der Waals surface area (Å²) in [4.78, 5) is 14.7. The molecule has 100 valence electrons. The average Bonchev–Trinajstić information content (AvgIpc) is 2.48. The lowest BCUT2D eigenvalue weighted by Gasteiger charge is -2.26. The van der Waals surface area contributed by atoms with Crippen LogP contribution >= 0.6 is 0 Å². The topological polar surface area (TPSA) is 34.5 Å². The van der Waals surface area contributed by atoms with E-state index in [1.807, 2.05) is 36.5 Å². The third-order valence-corrected chi connectivity index (χ3v) is 3.65. The lowest BCUT2D eigenvalue weighted by atomic mass is 10.2. The molecular formula is C15H18N2O2. The zero-order chi connectivity index (χ0) is 13.1. The van der Waals surface area contributed by atoms with E-state index in [-0.39, 0.29) is 5.56 Å². The van der Waals surface area contributed by atoms with Crippen LogP contribution in [0.25, 0.3) is 10.8 Å². The first-order valence-electron chi connectivity index (χ1n) is 6.73. The van der Waals surface area contributed by atoms with Crippen molar-refractivity contribution in [1.29, 1.82) is 0 Å². The van der Waals surface area contributed by atoms with Gasteiger partial charge in [-0.15, -0.1) is 0 Å². The van der Waals surface area contributed by atoms with E-state index in [1.165, 1.54) is 0 Å². The van der Waals surface area contributed by atoms with Crippen LogP contribution in [0.1, 0.15) is 0 Å². The molecule has 0 radical (unpaired) electrons. The summed E-state index contributed by atoms with van der Waals surface area (Å²) in [5, 5.41) is 1.81. The van der Waals surface area contributed by atoms with Crippen LogP contribution in [0.2, 0.25) is 0 Å². The van der Waals surface area contributed by atoms with Crippen molar-refractivity contribution in [3.63, 3.8) is 0 Å². The predicted octanol–water partition coefficient (Wildman–Crippen LogP) is 1.33. The molecule has 0 saturated carbocycles. The molecule has 1 saturated heterocycles. The third kappa shape index (κ3) is 2.69. The van der Waals surface area contributed by atoms with E-state index in [0.29, 0.717) is 0 Å². The van der Waals surface area contributed by atoms with Crippen molar-refractivity contribution < 1.29 is 4.74 Å². The Hall–Kier alpha value is -1.65. The summed E-state index contributed by atoms with van der Waals surface area (Å²) in [6, 6.07) is 9.75. The van der Waals surface area contributed by atoms with E-state index >= 15 is 0 Å². The number of hydrogen-bond donors (Lipinski definition) is 0. The van der Waals surface area contributed by atoms with Crippen molar-refractivity contribution in [1.82, 2.24) is 9.47 Å². The largest absolute Gasteiger partial charge is 0.379 e. The fourth-order valence-corrected chi connectivity index (χ4v) is 2.48. The van der Waals surface area contributed by atoms with Crippen LogP contribution in [0, 0.1) is 0 Å². The van der Waals surface area contributed by atoms with Crippen LogP contribution in [-0.4, -0.2) is 42.3 Å². The Morgan fingerprint density at radius 3 is 2.68 bits per heavy atom. The Balaban J connectivity index is 1.77. The van der Waals surface area contributed by atoms with Gasteiger partial charge >= 0.3 is 0 Å². The molecule has 0 aliphatic carbocycles. The maximum atomic E-state index is 12.3. The predicted molar refractivity (Wildman–Crippen MR) is 75.5 cm³/mol. The number of benzene rings is 1. The maximum Gasteiger partial charge on any atom is 0.258 e. The van der Waals surface area contributed by atoms with Crippen LogP contribution in [0.15, 0.2) is 41.3 Å². The Labute approximate surface area is 112 Å². The molecule has 1 fully saturated rings. The molecule has 2 aromatic rings. The zero-order valence-corrected chi connectivity index (χ0v) is 10.9. The maximum absolute atomic E-state index is 12.3. The van der Waals surface area contributed by atoms with Crippen LogP contribution in [-0.2, 0) is 11.3 Å². The molecular weight excluding hydrogens is 240 g/mol. The molecule has 4 nitrogen and oxygen atoms in total. The molecule has 0 unspecified atom stereocenters. The Kier molecular flexibility index (Phi) is 3.62. The second-order valence-corrected chi connectivity index (χ2v) is 4.86. The smallest absolute Gasteiger partial charge is 0.258 e. The van der Waals surface area contributed by atoms with Gasteiger partial charge in [-0.3, -0.25) is 9.69 Å². The van der Waals surface area contributed by atoms with E-state index in [2.05, 4.69) is 4.90 Å². The van der Waals surface area contributed by atoms with E-state index in [4.69, 9.17) is 4.74 Å². The van der Waals surface area contributed by atoms with Gasteiger partial charge in [0.25, 0.3) is 5.56 Å². The monoisotopic (exact) mass is 258 g/mol. The highest BCUT2D eigenvalue weighted by Gasteiger charge is 2.10. The molecule has 3 rings (SSSR count). The van der Waals surface area contributed by atoms with Gasteiger partial charge in [0.15, 0.2) is 0 Å². The minimum Gasteiger partial charge on any atom is -0.379 e. The number of aromatic nitrogens is 1. The fraction of sp³-hybridized carbons (Fsp3) is 0.400. The number of fused-ring (bicyclic) bond motifs is 1. The summed E-state index contributed by atoms with van der Waals surface area (Å²) in [6.07, 6.45) is 1.89. The highest BCUT2D eigenvalue weighted by molar-refractivity contribution is 5.81. The van der Waals surface area contributed by atoms with E-state index in [9.17, 15) is 4.79 Å². The Morgan fingerprint density at radius 1 is 1.05 bits per heavy atom. The Morgan fingerprint density at radius 2 is 1.84 bits per heavy atom. The second-order valence-electron chi connectivity index (χ2n) is 4.86. The van der Waals surface area contributed by atoms with Gasteiger partial charge < -0.3 is 9.30 Å². The Bertz CT molecular complexity index is 615. The number of ether oxygens (including phenoxy) is 1. The van der Waals surface area contributed by atoms with Gasteiger partial charge in [-0.25, -0.2) is 0 Å². The van der Waals surface area contributed by atoms with Gasteiger partial charge in [0.1, 0.15) is 0 Å².